The minimum absolute atomic E-state index is 0.0247. The van der Waals surface area contributed by atoms with Crippen molar-refractivity contribution in [1.82, 2.24) is 4.90 Å². The third-order valence-electron chi connectivity index (χ3n) is 1.91. The Kier molecular flexibility index (Phi) is 7.29. The minimum atomic E-state index is -0.827. The van der Waals surface area contributed by atoms with Gasteiger partial charge in [-0.25, -0.2) is 0 Å². The Labute approximate surface area is 97.3 Å². The molecule has 96 valence electrons. The summed E-state index contributed by atoms with van der Waals surface area (Å²) in [6.45, 7) is 8.22. The highest BCUT2D eigenvalue weighted by Gasteiger charge is 2.13. The second kappa shape index (κ2) is 7.60. The van der Waals surface area contributed by atoms with E-state index in [4.69, 9.17) is 14.6 Å². The molecule has 0 aromatic carbocycles. The van der Waals surface area contributed by atoms with Crippen LogP contribution in [0, 0.1) is 0 Å². The van der Waals surface area contributed by atoms with Crippen molar-refractivity contribution in [3.63, 3.8) is 0 Å². The number of rotatable bonds is 8. The zero-order chi connectivity index (χ0) is 12.6. The molecule has 1 N–H and O–H groups in total. The number of hydrogen-bond donors (Lipinski definition) is 1. The summed E-state index contributed by atoms with van der Waals surface area (Å²) >= 11 is 0. The average molecular weight is 233 g/mol. The molecule has 0 rings (SSSR count). The number of carbonyl (C=O) groups is 1. The van der Waals surface area contributed by atoms with Crippen LogP contribution in [0.15, 0.2) is 0 Å². The van der Waals surface area contributed by atoms with Crippen molar-refractivity contribution >= 4 is 5.97 Å². The van der Waals surface area contributed by atoms with Gasteiger partial charge >= 0.3 is 5.97 Å². The number of carboxylic acids is 1. The molecule has 0 aliphatic carbocycles. The topological polar surface area (TPSA) is 59.0 Å². The SMILES string of the molecule is COCCN(CCOC(C)(C)C)CC(=O)O. The molecule has 0 radical (unpaired) electrons. The maximum Gasteiger partial charge on any atom is 0.317 e. The number of methoxy groups -OCH3 is 1. The van der Waals surface area contributed by atoms with Gasteiger partial charge in [-0.05, 0) is 20.8 Å². The highest BCUT2D eigenvalue weighted by molar-refractivity contribution is 5.69. The first kappa shape index (κ1) is 15.3. The Hall–Kier alpha value is -0.650. The largest absolute Gasteiger partial charge is 0.480 e. The van der Waals surface area contributed by atoms with E-state index in [1.165, 1.54) is 0 Å². The molecule has 0 bridgehead atoms. The van der Waals surface area contributed by atoms with Crippen LogP contribution >= 0.6 is 0 Å². The van der Waals surface area contributed by atoms with Crippen LogP contribution in [-0.4, -0.2) is 61.5 Å². The Bertz CT molecular complexity index is 201. The Balaban J connectivity index is 3.86. The van der Waals surface area contributed by atoms with Gasteiger partial charge < -0.3 is 14.6 Å². The fraction of sp³-hybridized carbons (Fsp3) is 0.909. The lowest BCUT2D eigenvalue weighted by Crippen LogP contribution is -2.36. The standard InChI is InChI=1S/C11H23NO4/c1-11(2,3)16-8-6-12(5-7-15-4)9-10(13)14/h5-9H2,1-4H3,(H,13,14). The lowest BCUT2D eigenvalue weighted by Gasteiger charge is -2.24. The molecule has 5 heteroatoms. The highest BCUT2D eigenvalue weighted by atomic mass is 16.5. The minimum Gasteiger partial charge on any atom is -0.480 e. The van der Waals surface area contributed by atoms with Crippen molar-refractivity contribution in [2.24, 2.45) is 0 Å². The average Bonchev–Trinajstić information content (AvgIpc) is 2.11. The van der Waals surface area contributed by atoms with Gasteiger partial charge in [0.1, 0.15) is 0 Å². The van der Waals surface area contributed by atoms with E-state index in [0.29, 0.717) is 26.3 Å². The molecular formula is C11H23NO4. The monoisotopic (exact) mass is 233 g/mol. The van der Waals surface area contributed by atoms with Crippen molar-refractivity contribution in [3.05, 3.63) is 0 Å². The molecule has 0 atom stereocenters. The van der Waals surface area contributed by atoms with E-state index in [-0.39, 0.29) is 12.1 Å². The fourth-order valence-corrected chi connectivity index (χ4v) is 1.16. The molecule has 0 saturated carbocycles. The van der Waals surface area contributed by atoms with Gasteiger partial charge in [-0.2, -0.15) is 0 Å². The van der Waals surface area contributed by atoms with E-state index in [9.17, 15) is 4.79 Å². The number of carboxylic acid groups (broad SMARTS) is 1. The van der Waals surface area contributed by atoms with Gasteiger partial charge in [-0.15, -0.1) is 0 Å². The van der Waals surface area contributed by atoms with Crippen molar-refractivity contribution in [2.75, 3.05) is 40.0 Å². The second-order valence-corrected chi connectivity index (χ2v) is 4.62. The summed E-state index contributed by atoms with van der Waals surface area (Å²) in [6.07, 6.45) is 0. The predicted octanol–water partition coefficient (Wildman–Crippen LogP) is 0.835. The van der Waals surface area contributed by atoms with Crippen LogP contribution in [0.25, 0.3) is 0 Å². The molecule has 0 amide bonds. The van der Waals surface area contributed by atoms with Crippen LogP contribution in [0.1, 0.15) is 20.8 Å². The van der Waals surface area contributed by atoms with E-state index in [1.54, 1.807) is 12.0 Å². The van der Waals surface area contributed by atoms with Crippen LogP contribution < -0.4 is 0 Å². The smallest absolute Gasteiger partial charge is 0.317 e. The first-order valence-electron chi connectivity index (χ1n) is 5.42. The van der Waals surface area contributed by atoms with E-state index >= 15 is 0 Å². The summed E-state index contributed by atoms with van der Waals surface area (Å²) in [6, 6.07) is 0. The summed E-state index contributed by atoms with van der Waals surface area (Å²) < 4.78 is 10.5. The molecule has 0 saturated heterocycles. The number of aliphatic carboxylic acids is 1. The van der Waals surface area contributed by atoms with Gasteiger partial charge in [0.05, 0.1) is 25.4 Å². The summed E-state index contributed by atoms with van der Waals surface area (Å²) in [5, 5.41) is 8.72. The van der Waals surface area contributed by atoms with Crippen molar-refractivity contribution in [3.8, 4) is 0 Å². The fourth-order valence-electron chi connectivity index (χ4n) is 1.16. The Morgan fingerprint density at radius 3 is 2.25 bits per heavy atom. The highest BCUT2D eigenvalue weighted by Crippen LogP contribution is 2.06. The lowest BCUT2D eigenvalue weighted by atomic mass is 10.2. The van der Waals surface area contributed by atoms with Gasteiger partial charge in [-0.1, -0.05) is 0 Å². The van der Waals surface area contributed by atoms with Gasteiger partial charge in [0.25, 0.3) is 0 Å². The van der Waals surface area contributed by atoms with E-state index in [2.05, 4.69) is 0 Å². The molecule has 0 aromatic rings. The normalized spacial score (nSPS) is 12.1. The van der Waals surface area contributed by atoms with Gasteiger partial charge in [0.15, 0.2) is 0 Å². The number of nitrogens with zero attached hydrogens (tertiary/aromatic N) is 1. The molecule has 16 heavy (non-hydrogen) atoms. The van der Waals surface area contributed by atoms with Gasteiger partial charge in [0, 0.05) is 20.2 Å². The molecule has 0 unspecified atom stereocenters. The third-order valence-corrected chi connectivity index (χ3v) is 1.91. The quantitative estimate of drug-likeness (QED) is 0.673. The Morgan fingerprint density at radius 1 is 1.25 bits per heavy atom. The molecule has 0 aliphatic rings. The molecule has 0 spiro atoms. The molecule has 0 heterocycles. The van der Waals surface area contributed by atoms with E-state index < -0.39 is 5.97 Å². The summed E-state index contributed by atoms with van der Waals surface area (Å²) in [5.41, 5.74) is -0.184. The van der Waals surface area contributed by atoms with Crippen LogP contribution in [0.2, 0.25) is 0 Å². The van der Waals surface area contributed by atoms with Gasteiger partial charge in [0.2, 0.25) is 0 Å². The second-order valence-electron chi connectivity index (χ2n) is 4.62. The maximum absolute atomic E-state index is 10.6. The first-order chi connectivity index (χ1) is 7.35. The molecule has 5 nitrogen and oxygen atoms in total. The summed E-state index contributed by atoms with van der Waals surface area (Å²) in [5.74, 6) is -0.827. The number of ether oxygens (including phenoxy) is 2. The van der Waals surface area contributed by atoms with Crippen LogP contribution in [0.5, 0.6) is 0 Å². The molecular weight excluding hydrogens is 210 g/mol. The van der Waals surface area contributed by atoms with Crippen LogP contribution in [0.4, 0.5) is 0 Å². The van der Waals surface area contributed by atoms with Crippen molar-refractivity contribution in [1.29, 1.82) is 0 Å². The van der Waals surface area contributed by atoms with Crippen molar-refractivity contribution < 1.29 is 19.4 Å². The Morgan fingerprint density at radius 2 is 1.81 bits per heavy atom. The van der Waals surface area contributed by atoms with E-state index in [1.807, 2.05) is 20.8 Å². The summed E-state index contributed by atoms with van der Waals surface area (Å²) in [4.78, 5) is 12.4. The third kappa shape index (κ3) is 9.89. The summed E-state index contributed by atoms with van der Waals surface area (Å²) in [7, 11) is 1.60. The zero-order valence-corrected chi connectivity index (χ0v) is 10.7. The van der Waals surface area contributed by atoms with Crippen molar-refractivity contribution in [2.45, 2.75) is 26.4 Å². The van der Waals surface area contributed by atoms with Gasteiger partial charge in [-0.3, -0.25) is 9.69 Å². The first-order valence-corrected chi connectivity index (χ1v) is 5.42. The molecule has 0 fully saturated rings. The van der Waals surface area contributed by atoms with Crippen LogP contribution in [0.3, 0.4) is 0 Å². The maximum atomic E-state index is 10.6. The molecule has 0 aromatic heterocycles. The van der Waals surface area contributed by atoms with E-state index in [0.717, 1.165) is 0 Å². The molecule has 0 aliphatic heterocycles. The lowest BCUT2D eigenvalue weighted by molar-refractivity contribution is -0.138. The zero-order valence-electron chi connectivity index (χ0n) is 10.7. The van der Waals surface area contributed by atoms with Crippen LogP contribution in [-0.2, 0) is 14.3 Å². The number of hydrogen-bond acceptors (Lipinski definition) is 4. The predicted molar refractivity (Wildman–Crippen MR) is 61.7 cm³/mol.